The van der Waals surface area contributed by atoms with E-state index < -0.39 is 109 Å². The van der Waals surface area contributed by atoms with Gasteiger partial charge in [0.1, 0.15) is 66.0 Å². The Morgan fingerprint density at radius 1 is 0.842 bits per heavy atom. The van der Waals surface area contributed by atoms with Gasteiger partial charge < -0.3 is 63.2 Å². The fraction of sp³-hybridized carbons (Fsp3) is 0.447. The topological polar surface area (TPSA) is 355 Å². The molecule has 0 amide bonds. The smallest absolute Gasteiger partial charge is 0.351 e. The van der Waals surface area contributed by atoms with Gasteiger partial charge in [-0.2, -0.15) is 4.98 Å². The van der Waals surface area contributed by atoms with Crippen molar-refractivity contribution < 1.29 is 67.1 Å². The van der Waals surface area contributed by atoms with E-state index in [-0.39, 0.29) is 18.5 Å². The van der Waals surface area contributed by atoms with Crippen molar-refractivity contribution in [1.29, 1.82) is 0 Å². The normalized spacial score (nSPS) is 25.3. The molecule has 7 rings (SSSR count). The third-order valence-electron chi connectivity index (χ3n) is 11.2. The lowest BCUT2D eigenvalue weighted by atomic mass is 9.96. The first-order valence-corrected chi connectivity index (χ1v) is 28.9. The van der Waals surface area contributed by atoms with Gasteiger partial charge in [0.15, 0.2) is 18.2 Å². The maximum Gasteiger partial charge on any atom is 0.351 e. The molecule has 25 nitrogen and oxygen atoms in total. The van der Waals surface area contributed by atoms with Gasteiger partial charge >= 0.3 is 36.6 Å². The molecule has 2 saturated heterocycles. The van der Waals surface area contributed by atoms with Crippen molar-refractivity contribution in [2.45, 2.75) is 115 Å². The Labute approximate surface area is 446 Å². The largest absolute Gasteiger partial charge is 0.468 e. The van der Waals surface area contributed by atoms with Crippen molar-refractivity contribution in [2.24, 2.45) is 5.73 Å². The lowest BCUT2D eigenvalue weighted by Gasteiger charge is -2.32. The first kappa shape index (κ1) is 61.5. The van der Waals surface area contributed by atoms with Gasteiger partial charge in [0.25, 0.3) is 5.56 Å². The average molecular weight is 1140 g/mol. The molecule has 0 radical (unpaired) electrons. The van der Waals surface area contributed by atoms with E-state index in [1.807, 2.05) is 49.2 Å². The van der Waals surface area contributed by atoms with E-state index in [1.54, 1.807) is 63.2 Å². The van der Waals surface area contributed by atoms with E-state index in [9.17, 15) is 44.4 Å². The number of fused-ring (bicyclic) bond motifs is 1. The average Bonchev–Trinajstić information content (AvgIpc) is 3.74. The van der Waals surface area contributed by atoms with Crippen LogP contribution in [0, 0.1) is 0 Å². The number of para-hydroxylation sites is 1. The zero-order valence-electron chi connectivity index (χ0n) is 42.7. The maximum absolute atomic E-state index is 12.4. The third-order valence-corrected chi connectivity index (χ3v) is 16.2. The number of ether oxygens (including phenoxy) is 4. The summed E-state index contributed by atoms with van der Waals surface area (Å²) in [6.07, 6.45) is -6.63. The van der Waals surface area contributed by atoms with Gasteiger partial charge in [0, 0.05) is 23.8 Å². The molecule has 0 aliphatic carbocycles. The van der Waals surface area contributed by atoms with E-state index in [1.165, 1.54) is 33.2 Å². The van der Waals surface area contributed by atoms with Gasteiger partial charge in [0.05, 0.1) is 19.8 Å². The van der Waals surface area contributed by atoms with Crippen molar-refractivity contribution in [1.82, 2.24) is 29.3 Å². The number of anilines is 1. The van der Waals surface area contributed by atoms with Gasteiger partial charge in [-0.25, -0.2) is 19.8 Å². The van der Waals surface area contributed by atoms with Crippen LogP contribution in [-0.2, 0) is 61.2 Å². The summed E-state index contributed by atoms with van der Waals surface area (Å²) < 4.78 is 47.2. The predicted octanol–water partition coefficient (Wildman–Crippen LogP) is 2.18. The number of methoxy groups -OCH3 is 1. The second-order valence-electron chi connectivity index (χ2n) is 17.4. The van der Waals surface area contributed by atoms with Crippen molar-refractivity contribution in [3.8, 4) is 11.5 Å². The van der Waals surface area contributed by atoms with E-state index in [2.05, 4.69) is 15.2 Å². The van der Waals surface area contributed by atoms with Crippen molar-refractivity contribution in [3.63, 3.8) is 0 Å². The van der Waals surface area contributed by atoms with Gasteiger partial charge in [-0.15, -0.1) is 0 Å². The zero-order chi connectivity index (χ0) is 56.3. The Bertz CT molecular complexity index is 3060. The van der Waals surface area contributed by atoms with Crippen molar-refractivity contribution >= 4 is 65.4 Å². The molecule has 2 aromatic heterocycles. The molecule has 0 bridgehead atoms. The number of aromatic amines is 1. The SMILES string of the molecule is CC.CC(C)OC(=O)C(C)NP(=S)(OC[C@@]1(N)OC(n2ccc(=O)[nH]c2=O)C(O)C1O)Oc1ccccc1.COC(=O)C(C)NP(=S)(OCC1O[C@@H](n2ccc(N)nc2=O)C(C)(O)C1O)Oc1cccc2ccccc12. The van der Waals surface area contributed by atoms with Crippen molar-refractivity contribution in [2.75, 3.05) is 26.1 Å². The number of nitrogen functional groups attached to an aromatic ring is 1. The second kappa shape index (κ2) is 26.4. The van der Waals surface area contributed by atoms with Crippen LogP contribution in [0.5, 0.6) is 11.5 Å². The number of esters is 2. The number of nitrogens with one attached hydrogen (secondary N) is 3. The van der Waals surface area contributed by atoms with Crippen LogP contribution in [0.1, 0.15) is 60.9 Å². The lowest BCUT2D eigenvalue weighted by Crippen LogP contribution is -2.54. The van der Waals surface area contributed by atoms with Gasteiger partial charge in [-0.05, 0) is 87.9 Å². The monoisotopic (exact) mass is 1140 g/mol. The minimum Gasteiger partial charge on any atom is -0.468 e. The summed E-state index contributed by atoms with van der Waals surface area (Å²) in [6, 6.07) is 22.0. The molecule has 4 heterocycles. The Morgan fingerprint density at radius 2 is 1.45 bits per heavy atom. The maximum atomic E-state index is 12.4. The van der Waals surface area contributed by atoms with E-state index >= 15 is 0 Å². The molecule has 2 aliphatic heterocycles. The number of H-pyrrole nitrogens is 1. The molecule has 76 heavy (non-hydrogen) atoms. The van der Waals surface area contributed by atoms with E-state index in [0.29, 0.717) is 11.5 Å². The van der Waals surface area contributed by atoms with Crippen LogP contribution in [0.4, 0.5) is 5.82 Å². The highest BCUT2D eigenvalue weighted by atomic mass is 32.5. The van der Waals surface area contributed by atoms with Crippen molar-refractivity contribution in [3.05, 3.63) is 129 Å². The summed E-state index contributed by atoms with van der Waals surface area (Å²) in [5.74, 6) is -0.407. The molecule has 29 heteroatoms. The molecule has 5 aromatic rings. The number of hydrogen-bond donors (Lipinski definition) is 9. The molecule has 0 saturated carbocycles. The van der Waals surface area contributed by atoms with Crippen LogP contribution in [0.3, 0.4) is 0 Å². The van der Waals surface area contributed by atoms with Gasteiger partial charge in [-0.3, -0.25) is 34.2 Å². The summed E-state index contributed by atoms with van der Waals surface area (Å²) >= 11 is 11.3. The van der Waals surface area contributed by atoms with Crippen LogP contribution >= 0.6 is 13.3 Å². The summed E-state index contributed by atoms with van der Waals surface area (Å²) in [7, 11) is 1.25. The number of rotatable bonds is 19. The predicted molar refractivity (Wildman–Crippen MR) is 286 cm³/mol. The highest BCUT2D eigenvalue weighted by Crippen LogP contribution is 2.49. The summed E-state index contributed by atoms with van der Waals surface area (Å²) in [6.45, 7) is 3.84. The number of aromatic nitrogens is 4. The highest BCUT2D eigenvalue weighted by Gasteiger charge is 2.55. The molecule has 2 fully saturated rings. The van der Waals surface area contributed by atoms with Crippen LogP contribution in [-0.4, -0.2) is 126 Å². The molecule has 2 aliphatic rings. The summed E-state index contributed by atoms with van der Waals surface area (Å²) in [5.41, 5.74) is 5.55. The summed E-state index contributed by atoms with van der Waals surface area (Å²) in [4.78, 5) is 66.0. The zero-order valence-corrected chi connectivity index (χ0v) is 46.1. The van der Waals surface area contributed by atoms with Crippen LogP contribution in [0.25, 0.3) is 10.8 Å². The molecule has 3 aromatic carbocycles. The number of nitrogens with zero attached hydrogens (tertiary/aromatic N) is 3. The Morgan fingerprint density at radius 3 is 2.08 bits per heavy atom. The van der Waals surface area contributed by atoms with Gasteiger partial charge in [-0.1, -0.05) is 68.4 Å². The minimum atomic E-state index is -3.53. The molecule has 10 unspecified atom stereocenters. The second-order valence-corrected chi connectivity index (χ2v) is 23.7. The van der Waals surface area contributed by atoms with Crippen LogP contribution in [0.15, 0.2) is 112 Å². The summed E-state index contributed by atoms with van der Waals surface area (Å²) in [5, 5.41) is 50.4. The molecule has 416 valence electrons. The molecular weight excluding hydrogens is 1070 g/mol. The number of carbonyl (C=O) groups is 2. The number of hydrogen-bond acceptors (Lipinski definition) is 22. The lowest BCUT2D eigenvalue weighted by molar-refractivity contribution is -0.149. The number of benzene rings is 3. The Kier molecular flexibility index (Phi) is 21.3. The third kappa shape index (κ3) is 15.2. The Balaban J connectivity index is 0.000000272. The quantitative estimate of drug-likeness (QED) is 0.0422. The fourth-order valence-corrected chi connectivity index (χ4v) is 12.3. The number of aliphatic hydroxyl groups is 4. The van der Waals surface area contributed by atoms with Crippen LogP contribution < -0.4 is 47.6 Å². The number of aliphatic hydroxyl groups excluding tert-OH is 3. The molecule has 11 N–H and O–H groups in total. The van der Waals surface area contributed by atoms with Gasteiger partial charge in [0.2, 0.25) is 0 Å². The number of nitrogens with two attached hydrogens (primary N) is 2. The van der Waals surface area contributed by atoms with E-state index in [0.717, 1.165) is 32.2 Å². The Hall–Kier alpha value is -5.32. The highest BCUT2D eigenvalue weighted by molar-refractivity contribution is 8.09. The minimum absolute atomic E-state index is 0.00129. The number of carbonyl (C=O) groups excluding carboxylic acids is 2. The van der Waals surface area contributed by atoms with Crippen LogP contribution in [0.2, 0.25) is 0 Å². The molecule has 12 atom stereocenters. The van der Waals surface area contributed by atoms with E-state index in [4.69, 9.17) is 72.1 Å². The molecule has 0 spiro atoms. The first-order valence-electron chi connectivity index (χ1n) is 23.6. The standard InChI is InChI=1S/C24H29N4O8PS.C21H29N4O9PS.C2H6/c1-14(21(30)33-3)27-37(38,36-17-10-6-8-15-7-4-5-9-16(15)17)34-13-18-20(29)24(2,32)22(35-18)28-12-11-19(25)26-23(28)31;1-12(2)32-19(29)13(3)24-35(36,34-14-7-5-4-6-8-14)31-11-21(22)17(28)16(27)18(33-21)25-10-9-15(26)23-20(25)30;1-2/h4-12,14,18,20,22,29,32H,13H2,1-3H3,(H,27,38)(H2,25,26,31);4-10,12-13,16-18,27-28H,11,22H2,1-3H3,(H,24,36)(H,23,26,30);1-2H3/t14?,18?,20?,22-,24?,37?;13?,16?,17?,18?,21-,35?;/m11./s1. The first-order chi connectivity index (χ1) is 35.8. The fourth-order valence-electron chi connectivity index (χ4n) is 7.41. The molecular formula is C47H64N8O17P2S2.